The van der Waals surface area contributed by atoms with Gasteiger partial charge in [0.15, 0.2) is 0 Å². The first-order chi connectivity index (χ1) is 19.0. The molecule has 1 N–H and O–H groups in total. The van der Waals surface area contributed by atoms with Crippen LogP contribution in [0.5, 0.6) is 5.75 Å². The summed E-state index contributed by atoms with van der Waals surface area (Å²) in [5, 5.41) is 3.30. The Morgan fingerprint density at radius 3 is 2.00 bits per heavy atom. The van der Waals surface area contributed by atoms with Crippen LogP contribution in [0.2, 0.25) is 5.02 Å². The maximum absolute atomic E-state index is 13.1. The number of carbonyl (C=O) groups is 2. The van der Waals surface area contributed by atoms with E-state index in [9.17, 15) is 9.59 Å². The average Bonchev–Trinajstić information content (AvgIpc) is 3.29. The topological polar surface area (TPSA) is 73.9 Å². The third-order valence-corrected chi connectivity index (χ3v) is 7.07. The summed E-state index contributed by atoms with van der Waals surface area (Å²) < 4.78 is 16.4. The second-order valence-electron chi connectivity index (χ2n) is 9.31. The van der Waals surface area contributed by atoms with Crippen molar-refractivity contribution in [2.24, 2.45) is 0 Å². The number of methoxy groups -OCH3 is 1. The SMILES string of the molecule is COc1ccc(COC(=O)[C@@H](Cc2ccc(Cl)cc2)NC(=O)OCC2c3ccccc3-c3ccccc32)cc1. The van der Waals surface area contributed by atoms with Gasteiger partial charge in [-0.15, -0.1) is 0 Å². The van der Waals surface area contributed by atoms with Crippen LogP contribution in [0.4, 0.5) is 4.79 Å². The van der Waals surface area contributed by atoms with Crippen molar-refractivity contribution in [3.05, 3.63) is 124 Å². The molecular weight excluding hydrogens is 514 g/mol. The first-order valence-corrected chi connectivity index (χ1v) is 13.0. The van der Waals surface area contributed by atoms with Gasteiger partial charge in [0.25, 0.3) is 0 Å². The van der Waals surface area contributed by atoms with E-state index in [0.717, 1.165) is 33.4 Å². The highest BCUT2D eigenvalue weighted by Gasteiger charge is 2.30. The van der Waals surface area contributed by atoms with E-state index in [0.29, 0.717) is 10.8 Å². The summed E-state index contributed by atoms with van der Waals surface area (Å²) in [6.45, 7) is 0.209. The number of esters is 1. The first kappa shape index (κ1) is 26.3. The summed E-state index contributed by atoms with van der Waals surface area (Å²) in [5.74, 6) is 0.0665. The Labute approximate surface area is 232 Å². The smallest absolute Gasteiger partial charge is 0.407 e. The molecule has 39 heavy (non-hydrogen) atoms. The number of hydrogen-bond acceptors (Lipinski definition) is 5. The lowest BCUT2D eigenvalue weighted by Gasteiger charge is -2.19. The highest BCUT2D eigenvalue weighted by atomic mass is 35.5. The molecule has 6 nitrogen and oxygen atoms in total. The third-order valence-electron chi connectivity index (χ3n) is 6.81. The predicted molar refractivity (Wildman–Crippen MR) is 150 cm³/mol. The minimum Gasteiger partial charge on any atom is -0.497 e. The zero-order chi connectivity index (χ0) is 27.2. The van der Waals surface area contributed by atoms with Gasteiger partial charge in [-0.1, -0.05) is 84.4 Å². The fraction of sp³-hybridized carbons (Fsp3) is 0.188. The molecule has 198 valence electrons. The molecule has 4 aromatic carbocycles. The van der Waals surface area contributed by atoms with Gasteiger partial charge in [0.1, 0.15) is 25.0 Å². The van der Waals surface area contributed by atoms with E-state index in [1.165, 1.54) is 0 Å². The molecule has 0 bridgehead atoms. The van der Waals surface area contributed by atoms with Gasteiger partial charge in [-0.2, -0.15) is 0 Å². The molecule has 0 saturated carbocycles. The highest BCUT2D eigenvalue weighted by molar-refractivity contribution is 6.30. The number of nitrogens with one attached hydrogen (secondary N) is 1. The van der Waals surface area contributed by atoms with E-state index in [4.69, 9.17) is 25.8 Å². The number of amides is 1. The van der Waals surface area contributed by atoms with Gasteiger partial charge in [-0.3, -0.25) is 0 Å². The van der Waals surface area contributed by atoms with Crippen LogP contribution in [0.15, 0.2) is 97.1 Å². The van der Waals surface area contributed by atoms with Crippen LogP contribution in [0, 0.1) is 0 Å². The largest absolute Gasteiger partial charge is 0.497 e. The Hall–Kier alpha value is -4.29. The van der Waals surface area contributed by atoms with E-state index < -0.39 is 18.1 Å². The van der Waals surface area contributed by atoms with Gasteiger partial charge in [-0.25, -0.2) is 9.59 Å². The predicted octanol–water partition coefficient (Wildman–Crippen LogP) is 6.54. The second kappa shape index (κ2) is 12.0. The van der Waals surface area contributed by atoms with Crippen molar-refractivity contribution < 1.29 is 23.8 Å². The first-order valence-electron chi connectivity index (χ1n) is 12.7. The molecule has 0 radical (unpaired) electrons. The zero-order valence-corrected chi connectivity index (χ0v) is 22.2. The number of hydrogen-bond donors (Lipinski definition) is 1. The van der Waals surface area contributed by atoms with E-state index in [1.54, 1.807) is 31.4 Å². The molecule has 1 aliphatic rings. The maximum Gasteiger partial charge on any atom is 0.407 e. The molecule has 1 atom stereocenters. The van der Waals surface area contributed by atoms with Gasteiger partial charge >= 0.3 is 12.1 Å². The number of carbonyl (C=O) groups excluding carboxylic acids is 2. The summed E-state index contributed by atoms with van der Waals surface area (Å²) >= 11 is 6.02. The Morgan fingerprint density at radius 2 is 1.38 bits per heavy atom. The molecule has 0 unspecified atom stereocenters. The molecular formula is C32H28ClNO5. The van der Waals surface area contributed by atoms with Crippen LogP contribution < -0.4 is 10.1 Å². The highest BCUT2D eigenvalue weighted by Crippen LogP contribution is 2.44. The third kappa shape index (κ3) is 6.24. The van der Waals surface area contributed by atoms with Crippen LogP contribution >= 0.6 is 11.6 Å². The van der Waals surface area contributed by atoms with Crippen LogP contribution in [-0.2, 0) is 27.3 Å². The number of benzene rings is 4. The van der Waals surface area contributed by atoms with Crippen LogP contribution in [0.3, 0.4) is 0 Å². The van der Waals surface area contributed by atoms with Crippen molar-refractivity contribution in [2.75, 3.05) is 13.7 Å². The van der Waals surface area contributed by atoms with E-state index in [2.05, 4.69) is 29.6 Å². The Morgan fingerprint density at radius 1 is 0.795 bits per heavy atom. The molecule has 0 aromatic heterocycles. The Bertz CT molecular complexity index is 1410. The summed E-state index contributed by atoms with van der Waals surface area (Å²) in [6.07, 6.45) is -0.458. The second-order valence-corrected chi connectivity index (χ2v) is 9.75. The molecule has 7 heteroatoms. The standard InChI is InChI=1S/C32H28ClNO5/c1-37-24-16-12-22(13-17-24)19-38-31(35)30(18-21-10-14-23(33)15-11-21)34-32(36)39-20-29-27-8-4-2-6-25(27)26-7-3-5-9-28(26)29/h2-17,29-30H,18-20H2,1H3,(H,34,36)/t30-/m1/s1. The van der Waals surface area contributed by atoms with E-state index >= 15 is 0 Å². The fourth-order valence-corrected chi connectivity index (χ4v) is 4.93. The molecule has 0 fully saturated rings. The maximum atomic E-state index is 13.1. The van der Waals surface area contributed by atoms with Crippen molar-refractivity contribution in [3.8, 4) is 16.9 Å². The molecule has 0 saturated heterocycles. The van der Waals surface area contributed by atoms with Crippen molar-refractivity contribution in [2.45, 2.75) is 25.0 Å². The van der Waals surface area contributed by atoms with Gasteiger partial charge in [0, 0.05) is 17.4 Å². The summed E-state index contributed by atoms with van der Waals surface area (Å²) in [7, 11) is 1.59. The number of fused-ring (bicyclic) bond motifs is 3. The van der Waals surface area contributed by atoms with Crippen molar-refractivity contribution in [1.82, 2.24) is 5.32 Å². The minimum atomic E-state index is -0.944. The molecule has 5 rings (SSSR count). The lowest BCUT2D eigenvalue weighted by atomic mass is 9.98. The fourth-order valence-electron chi connectivity index (χ4n) is 4.81. The molecule has 0 aliphatic heterocycles. The Kier molecular flexibility index (Phi) is 8.13. The number of ether oxygens (including phenoxy) is 3. The van der Waals surface area contributed by atoms with E-state index in [-0.39, 0.29) is 25.6 Å². The van der Waals surface area contributed by atoms with E-state index in [1.807, 2.05) is 48.5 Å². The van der Waals surface area contributed by atoms with Crippen molar-refractivity contribution >= 4 is 23.7 Å². The van der Waals surface area contributed by atoms with Crippen LogP contribution in [0.1, 0.15) is 28.2 Å². The summed E-state index contributed by atoms with van der Waals surface area (Å²) in [4.78, 5) is 26.0. The number of alkyl carbamates (subject to hydrolysis) is 1. The van der Waals surface area contributed by atoms with Crippen molar-refractivity contribution in [3.63, 3.8) is 0 Å². The minimum absolute atomic E-state index is 0.0618. The monoisotopic (exact) mass is 541 g/mol. The number of rotatable bonds is 9. The summed E-state index contributed by atoms with van der Waals surface area (Å²) in [5.41, 5.74) is 6.14. The van der Waals surface area contributed by atoms with Gasteiger partial charge in [0.2, 0.25) is 0 Å². The lowest BCUT2D eigenvalue weighted by molar-refractivity contribution is -0.147. The van der Waals surface area contributed by atoms with Crippen molar-refractivity contribution in [1.29, 1.82) is 0 Å². The molecule has 0 spiro atoms. The quantitative estimate of drug-likeness (QED) is 0.243. The average molecular weight is 542 g/mol. The molecule has 1 aliphatic carbocycles. The van der Waals surface area contributed by atoms with Gasteiger partial charge in [-0.05, 0) is 57.6 Å². The zero-order valence-electron chi connectivity index (χ0n) is 21.4. The normalized spacial score (nSPS) is 12.7. The van der Waals surface area contributed by atoms with Crippen LogP contribution in [0.25, 0.3) is 11.1 Å². The van der Waals surface area contributed by atoms with Gasteiger partial charge < -0.3 is 19.5 Å². The number of halogens is 1. The van der Waals surface area contributed by atoms with Crippen LogP contribution in [-0.4, -0.2) is 31.8 Å². The summed E-state index contributed by atoms with van der Waals surface area (Å²) in [6, 6.07) is 29.6. The molecule has 0 heterocycles. The van der Waals surface area contributed by atoms with Gasteiger partial charge in [0.05, 0.1) is 7.11 Å². The lowest BCUT2D eigenvalue weighted by Crippen LogP contribution is -2.43. The Balaban J connectivity index is 1.26. The molecule has 4 aromatic rings. The molecule has 1 amide bonds.